The average molecular weight is 677 g/mol. The Morgan fingerprint density at radius 3 is 1.57 bits per heavy atom. The van der Waals surface area contributed by atoms with Crippen molar-refractivity contribution in [3.63, 3.8) is 0 Å². The molecule has 0 bridgehead atoms. The molecule has 0 spiro atoms. The van der Waals surface area contributed by atoms with E-state index in [1.807, 2.05) is 0 Å². The molecule has 0 amide bonds. The van der Waals surface area contributed by atoms with Crippen LogP contribution in [0.1, 0.15) is 41.1 Å². The predicted octanol–water partition coefficient (Wildman–Crippen LogP) is 14.4. The zero-order valence-corrected chi connectivity index (χ0v) is 25.4. The largest absolute Gasteiger partial charge is 0.456 e. The summed E-state index contributed by atoms with van der Waals surface area (Å²) in [6, 6.07) is -29.5. The molecule has 0 fully saturated rings. The Bertz CT molecular complexity index is 4850. The van der Waals surface area contributed by atoms with Crippen molar-refractivity contribution in [1.29, 1.82) is 0 Å². The van der Waals surface area contributed by atoms with Gasteiger partial charge in [-0.15, -0.1) is 0 Å². The van der Waals surface area contributed by atoms with Gasteiger partial charge in [-0.1, -0.05) is 163 Å². The van der Waals surface area contributed by atoms with Gasteiger partial charge in [-0.3, -0.25) is 0 Å². The molecule has 0 atom stereocenters. The molecule has 0 aliphatic carbocycles. The van der Waals surface area contributed by atoms with E-state index >= 15 is 0 Å². The third-order valence-electron chi connectivity index (χ3n) is 8.64. The second-order valence-corrected chi connectivity index (χ2v) is 11.3. The monoisotopic (exact) mass is 676 g/mol. The van der Waals surface area contributed by atoms with Crippen molar-refractivity contribution in [2.75, 3.05) is 0 Å². The number of hydrogen-bond donors (Lipinski definition) is 0. The molecule has 0 saturated carbocycles. The fourth-order valence-electron chi connectivity index (χ4n) is 6.57. The van der Waals surface area contributed by atoms with Gasteiger partial charge in [0.1, 0.15) is 11.2 Å². The Morgan fingerprint density at radius 1 is 0.314 bits per heavy atom. The van der Waals surface area contributed by atoms with Crippen molar-refractivity contribution < 1.29 is 45.5 Å². The van der Waals surface area contributed by atoms with Crippen LogP contribution in [0.3, 0.4) is 0 Å². The van der Waals surface area contributed by atoms with Crippen LogP contribution in [0.5, 0.6) is 0 Å². The summed E-state index contributed by atoms with van der Waals surface area (Å²) in [5.74, 6) is 0. The van der Waals surface area contributed by atoms with Gasteiger partial charge in [0, 0.05) is 10.8 Å². The molecular formula is C50H30O. The van der Waals surface area contributed by atoms with E-state index in [1.54, 1.807) is 0 Å². The van der Waals surface area contributed by atoms with Gasteiger partial charge in [-0.25, -0.2) is 0 Å². The summed E-state index contributed by atoms with van der Waals surface area (Å²) in [6.45, 7) is 0. The Morgan fingerprint density at radius 2 is 0.843 bits per heavy atom. The SMILES string of the molecule is [2H]c1c([2H])c(-c2c([2H])c([2H])c3c([2H])c([2H])c([2H])c([2H])c3c2-c2c3c([2H])c([2H])c([2H])c([2H])c3c(-c3c([2H])c([2H])c4c([2H])c([2H])c([2H])c([2H])c4c3[2H])c3c([2H])c([2H])c([2H])c([2H])c23)c2c(oc3c([2H])c([2H])c4c([2H])c([2H])c([2H])c([2H])c4c32)c1[2H]. The third kappa shape index (κ3) is 4.16. The lowest BCUT2D eigenvalue weighted by molar-refractivity contribution is 0.669. The first-order valence-electron chi connectivity index (χ1n) is 30.2. The standard InChI is InChI=1S/C50H30O/c1-2-15-34-30-35(25-24-31(34)12-1)46-38-18-7-9-20-40(38)48(41-21-10-8-19-39(41)46)47-36-16-5-3-13-32(36)26-28-43(47)42-22-11-23-44-50(42)49-37-17-6-4-14-33(37)27-29-45(49)51-44/h1-30H/i1D,2D,3D,4D,5D,6D,7D,8D,9D,10D,11D,12D,13D,14D,15D,16D,17D,18D,19D,20D,21D,22D,23D,24D,25D,26D,27D,28D,29D,30D. The van der Waals surface area contributed by atoms with Crippen molar-refractivity contribution >= 4 is 75.8 Å². The highest BCUT2D eigenvalue weighted by molar-refractivity contribution is 6.28. The smallest absolute Gasteiger partial charge is 0.136 e. The van der Waals surface area contributed by atoms with E-state index in [0.717, 1.165) is 0 Å². The normalized spacial score (nSPS) is 20.2. The van der Waals surface area contributed by atoms with Gasteiger partial charge in [0.05, 0.1) is 41.1 Å². The molecule has 11 aromatic rings. The van der Waals surface area contributed by atoms with Crippen LogP contribution in [0.4, 0.5) is 0 Å². The molecule has 51 heavy (non-hydrogen) atoms. The molecule has 1 heteroatoms. The van der Waals surface area contributed by atoms with Crippen LogP contribution in [-0.2, 0) is 0 Å². The van der Waals surface area contributed by atoms with Crippen LogP contribution in [0.2, 0.25) is 0 Å². The Hall–Kier alpha value is -6.70. The van der Waals surface area contributed by atoms with Gasteiger partial charge in [0.15, 0.2) is 0 Å². The molecule has 1 aromatic heterocycles. The maximum absolute atomic E-state index is 10.0. The van der Waals surface area contributed by atoms with Crippen LogP contribution in [0.15, 0.2) is 186 Å². The van der Waals surface area contributed by atoms with Gasteiger partial charge in [0.2, 0.25) is 0 Å². The highest BCUT2D eigenvalue weighted by atomic mass is 16.3. The fourth-order valence-corrected chi connectivity index (χ4v) is 6.57. The maximum atomic E-state index is 10.0. The summed E-state index contributed by atoms with van der Waals surface area (Å²) in [5, 5.41) is -8.63. The zero-order valence-electron chi connectivity index (χ0n) is 55.4. The van der Waals surface area contributed by atoms with Crippen molar-refractivity contribution in [3.8, 4) is 33.4 Å². The van der Waals surface area contributed by atoms with Gasteiger partial charge in [0.25, 0.3) is 0 Å². The van der Waals surface area contributed by atoms with E-state index < -0.39 is 290 Å². The van der Waals surface area contributed by atoms with Crippen LogP contribution in [0, 0.1) is 0 Å². The first kappa shape index (κ1) is 11.7. The van der Waals surface area contributed by atoms with E-state index in [1.165, 1.54) is 0 Å². The Balaban J connectivity index is 1.56. The third-order valence-corrected chi connectivity index (χ3v) is 8.64. The number of hydrogen-bond acceptors (Lipinski definition) is 1. The molecule has 0 aliphatic rings. The summed E-state index contributed by atoms with van der Waals surface area (Å²) in [5.41, 5.74) is -6.53. The first-order valence-corrected chi connectivity index (χ1v) is 15.2. The molecule has 1 heterocycles. The Kier molecular flexibility index (Phi) is 2.50. The van der Waals surface area contributed by atoms with Gasteiger partial charge < -0.3 is 4.42 Å². The summed E-state index contributed by atoms with van der Waals surface area (Å²) < 4.78 is 282. The quantitative estimate of drug-likeness (QED) is 0.170. The highest BCUT2D eigenvalue weighted by Gasteiger charge is 2.23. The lowest BCUT2D eigenvalue weighted by atomic mass is 9.81. The summed E-state index contributed by atoms with van der Waals surface area (Å²) in [6.07, 6.45) is 0. The molecule has 0 N–H and O–H groups in total. The first-order chi connectivity index (χ1) is 37.8. The van der Waals surface area contributed by atoms with Crippen molar-refractivity contribution in [3.05, 3.63) is 181 Å². The molecule has 0 saturated heterocycles. The van der Waals surface area contributed by atoms with Gasteiger partial charge in [-0.2, -0.15) is 0 Å². The summed E-state index contributed by atoms with van der Waals surface area (Å²) in [7, 11) is 0. The van der Waals surface area contributed by atoms with E-state index in [9.17, 15) is 17.8 Å². The fraction of sp³-hybridized carbons (Fsp3) is 0. The molecule has 1 nitrogen and oxygen atoms in total. The number of fused-ring (bicyclic) bond motifs is 9. The topological polar surface area (TPSA) is 13.1 Å². The second kappa shape index (κ2) is 10.9. The molecule has 236 valence electrons. The Labute approximate surface area is 336 Å². The lowest BCUT2D eigenvalue weighted by Crippen LogP contribution is -1.94. The maximum Gasteiger partial charge on any atom is 0.136 e. The molecule has 0 radical (unpaired) electrons. The minimum atomic E-state index is -1.13. The highest BCUT2D eigenvalue weighted by Crippen LogP contribution is 2.50. The van der Waals surface area contributed by atoms with Crippen LogP contribution in [-0.4, -0.2) is 0 Å². The predicted molar refractivity (Wildman–Crippen MR) is 218 cm³/mol. The molecular weight excluding hydrogens is 617 g/mol. The minimum Gasteiger partial charge on any atom is -0.456 e. The minimum absolute atomic E-state index is 0.530. The van der Waals surface area contributed by atoms with Crippen LogP contribution < -0.4 is 0 Å². The zero-order chi connectivity index (χ0) is 59.6. The second-order valence-electron chi connectivity index (χ2n) is 11.3. The number of furan rings is 1. The van der Waals surface area contributed by atoms with Crippen LogP contribution in [0.25, 0.3) is 109 Å². The molecule has 11 rings (SSSR count). The van der Waals surface area contributed by atoms with Crippen LogP contribution >= 0.6 is 0 Å². The summed E-state index contributed by atoms with van der Waals surface area (Å²) in [4.78, 5) is 0. The van der Waals surface area contributed by atoms with E-state index in [4.69, 9.17) is 27.7 Å². The molecule has 0 aliphatic heterocycles. The van der Waals surface area contributed by atoms with Gasteiger partial charge in [-0.05, 0) is 105 Å². The number of benzene rings is 10. The summed E-state index contributed by atoms with van der Waals surface area (Å²) >= 11 is 0. The average Bonchev–Trinajstić information content (AvgIpc) is 4.10. The number of rotatable bonds is 3. The lowest BCUT2D eigenvalue weighted by Gasteiger charge is -2.21. The van der Waals surface area contributed by atoms with Crippen molar-refractivity contribution in [2.24, 2.45) is 0 Å². The van der Waals surface area contributed by atoms with E-state index in [2.05, 4.69) is 0 Å². The molecule has 10 aromatic carbocycles. The molecule has 0 unspecified atom stereocenters. The van der Waals surface area contributed by atoms with E-state index in [-0.39, 0.29) is 0 Å². The van der Waals surface area contributed by atoms with Crippen molar-refractivity contribution in [1.82, 2.24) is 0 Å². The van der Waals surface area contributed by atoms with E-state index in [0.29, 0.717) is 0 Å². The van der Waals surface area contributed by atoms with Crippen molar-refractivity contribution in [2.45, 2.75) is 0 Å². The van der Waals surface area contributed by atoms with Gasteiger partial charge >= 0.3 is 0 Å².